The average Bonchev–Trinajstić information content (AvgIpc) is 2.27. The van der Waals surface area contributed by atoms with Gasteiger partial charge in [0.1, 0.15) is 0 Å². The molecule has 1 heterocycles. The number of anilines is 1. The van der Waals surface area contributed by atoms with Crippen molar-refractivity contribution >= 4 is 22.6 Å². The number of fused-ring (bicyclic) bond motifs is 1. The molecule has 0 aliphatic rings. The summed E-state index contributed by atoms with van der Waals surface area (Å²) in [5.41, 5.74) is 1.84. The molecule has 2 N–H and O–H groups in total. The quantitative estimate of drug-likeness (QED) is 0.854. The van der Waals surface area contributed by atoms with Crippen LogP contribution in [0.5, 0.6) is 0 Å². The summed E-state index contributed by atoms with van der Waals surface area (Å²) in [5, 5.41) is 9.28. The number of aromatic amines is 1. The van der Waals surface area contributed by atoms with Crippen molar-refractivity contribution in [3.05, 3.63) is 40.2 Å². The Morgan fingerprint density at radius 1 is 1.33 bits per heavy atom. The van der Waals surface area contributed by atoms with E-state index in [1.54, 1.807) is 12.1 Å². The summed E-state index contributed by atoms with van der Waals surface area (Å²) >= 11 is 0. The smallest absolute Gasteiger partial charge is 0.309 e. The molecule has 1 aromatic carbocycles. The molecule has 0 fully saturated rings. The number of H-pyrrole nitrogens is 1. The van der Waals surface area contributed by atoms with Crippen LogP contribution < -0.4 is 10.3 Å². The summed E-state index contributed by atoms with van der Waals surface area (Å²) < 4.78 is 0. The van der Waals surface area contributed by atoms with Gasteiger partial charge in [0.05, 0.1) is 6.42 Å². The van der Waals surface area contributed by atoms with Gasteiger partial charge in [-0.2, -0.15) is 0 Å². The minimum Gasteiger partial charge on any atom is -0.481 e. The lowest BCUT2D eigenvalue weighted by molar-refractivity contribution is -0.136. The van der Waals surface area contributed by atoms with Crippen LogP contribution in [0.15, 0.2) is 29.1 Å². The molecule has 0 unspecified atom stereocenters. The highest BCUT2D eigenvalue weighted by atomic mass is 16.4. The molecular weight excluding hydrogens is 232 g/mol. The molecule has 1 aromatic heterocycles. The van der Waals surface area contributed by atoms with Crippen LogP contribution in [0.2, 0.25) is 0 Å². The Hall–Kier alpha value is -2.30. The van der Waals surface area contributed by atoms with Gasteiger partial charge < -0.3 is 15.0 Å². The summed E-state index contributed by atoms with van der Waals surface area (Å²) in [6, 6.07) is 6.80. The molecule has 2 rings (SSSR count). The van der Waals surface area contributed by atoms with E-state index >= 15 is 0 Å². The normalized spacial score (nSPS) is 10.6. The Morgan fingerprint density at radius 2 is 2.06 bits per heavy atom. The fourth-order valence-electron chi connectivity index (χ4n) is 1.83. The van der Waals surface area contributed by atoms with Gasteiger partial charge in [-0.15, -0.1) is 0 Å². The van der Waals surface area contributed by atoms with Crippen molar-refractivity contribution < 1.29 is 9.90 Å². The molecule has 5 nitrogen and oxygen atoms in total. The van der Waals surface area contributed by atoms with Crippen molar-refractivity contribution in [3.63, 3.8) is 0 Å². The molecule has 0 amide bonds. The number of carboxylic acid groups (broad SMARTS) is 1. The maximum absolute atomic E-state index is 11.9. The van der Waals surface area contributed by atoms with E-state index in [9.17, 15) is 9.59 Å². The second-order valence-corrected chi connectivity index (χ2v) is 4.35. The first kappa shape index (κ1) is 12.2. The summed E-state index contributed by atoms with van der Waals surface area (Å²) in [4.78, 5) is 27.4. The van der Waals surface area contributed by atoms with Crippen LogP contribution in [-0.2, 0) is 11.2 Å². The lowest BCUT2D eigenvalue weighted by atomic mass is 10.1. The van der Waals surface area contributed by atoms with Crippen molar-refractivity contribution in [2.45, 2.75) is 6.42 Å². The van der Waals surface area contributed by atoms with Gasteiger partial charge in [-0.25, -0.2) is 0 Å². The van der Waals surface area contributed by atoms with Crippen LogP contribution in [0.4, 0.5) is 5.69 Å². The van der Waals surface area contributed by atoms with Gasteiger partial charge >= 0.3 is 5.97 Å². The molecule has 0 bridgehead atoms. The van der Waals surface area contributed by atoms with E-state index in [2.05, 4.69) is 4.98 Å². The number of nitrogens with one attached hydrogen (secondary N) is 1. The molecule has 2 aromatic rings. The van der Waals surface area contributed by atoms with E-state index in [4.69, 9.17) is 5.11 Å². The molecule has 0 aliphatic heterocycles. The van der Waals surface area contributed by atoms with Crippen LogP contribution in [0, 0.1) is 0 Å². The molecule has 0 aliphatic carbocycles. The SMILES string of the molecule is CN(C)c1ccc2[nH]c(CC(=O)O)cc(=O)c2c1. The highest BCUT2D eigenvalue weighted by Crippen LogP contribution is 2.17. The zero-order valence-electron chi connectivity index (χ0n) is 10.2. The second-order valence-electron chi connectivity index (χ2n) is 4.35. The highest BCUT2D eigenvalue weighted by Gasteiger charge is 2.07. The average molecular weight is 246 g/mol. The highest BCUT2D eigenvalue weighted by molar-refractivity contribution is 5.83. The van der Waals surface area contributed by atoms with E-state index in [0.717, 1.165) is 5.69 Å². The Bertz CT molecular complexity index is 659. The van der Waals surface area contributed by atoms with Crippen LogP contribution in [0.1, 0.15) is 5.69 Å². The molecule has 94 valence electrons. The second kappa shape index (κ2) is 4.52. The predicted octanol–water partition coefficient (Wildman–Crippen LogP) is 1.22. The number of carboxylic acids is 1. The van der Waals surface area contributed by atoms with E-state index in [-0.39, 0.29) is 11.8 Å². The van der Waals surface area contributed by atoms with Crippen LogP contribution in [0.25, 0.3) is 10.9 Å². The van der Waals surface area contributed by atoms with E-state index in [1.807, 2.05) is 25.1 Å². The number of pyridine rings is 1. The minimum atomic E-state index is -0.963. The van der Waals surface area contributed by atoms with Crippen molar-refractivity contribution in [2.24, 2.45) is 0 Å². The Labute approximate surface area is 104 Å². The molecular formula is C13H14N2O3. The Kier molecular flexibility index (Phi) is 3.06. The van der Waals surface area contributed by atoms with Gasteiger partial charge in [0.25, 0.3) is 0 Å². The lowest BCUT2D eigenvalue weighted by Gasteiger charge is -2.13. The topological polar surface area (TPSA) is 73.4 Å². The Morgan fingerprint density at radius 3 is 2.67 bits per heavy atom. The van der Waals surface area contributed by atoms with E-state index in [0.29, 0.717) is 16.6 Å². The number of rotatable bonds is 3. The van der Waals surface area contributed by atoms with Crippen molar-refractivity contribution in [2.75, 3.05) is 19.0 Å². The van der Waals surface area contributed by atoms with Crippen molar-refractivity contribution in [1.82, 2.24) is 4.98 Å². The van der Waals surface area contributed by atoms with Gasteiger partial charge in [-0.05, 0) is 18.2 Å². The van der Waals surface area contributed by atoms with Gasteiger partial charge in [0.15, 0.2) is 5.43 Å². The summed E-state index contributed by atoms with van der Waals surface area (Å²) in [7, 11) is 3.79. The standard InChI is InChI=1S/C13H14N2O3/c1-15(2)9-3-4-11-10(7-9)12(16)5-8(14-11)6-13(17)18/h3-5,7H,6H2,1-2H3,(H,14,16)(H,17,18). The fourth-order valence-corrected chi connectivity index (χ4v) is 1.83. The van der Waals surface area contributed by atoms with Gasteiger partial charge in [0.2, 0.25) is 0 Å². The van der Waals surface area contributed by atoms with Gasteiger partial charge in [-0.1, -0.05) is 0 Å². The number of hydrogen-bond donors (Lipinski definition) is 2. The third-order valence-electron chi connectivity index (χ3n) is 2.73. The monoisotopic (exact) mass is 246 g/mol. The van der Waals surface area contributed by atoms with Crippen molar-refractivity contribution in [1.29, 1.82) is 0 Å². The molecule has 0 radical (unpaired) electrons. The zero-order chi connectivity index (χ0) is 13.3. The maximum Gasteiger partial charge on any atom is 0.309 e. The largest absolute Gasteiger partial charge is 0.481 e. The van der Waals surface area contributed by atoms with Gasteiger partial charge in [-0.3, -0.25) is 9.59 Å². The molecule has 0 saturated carbocycles. The third kappa shape index (κ3) is 2.34. The summed E-state index contributed by atoms with van der Waals surface area (Å²) in [5.74, 6) is -0.963. The van der Waals surface area contributed by atoms with Gasteiger partial charge in [0, 0.05) is 42.4 Å². The first-order chi connectivity index (χ1) is 8.47. The maximum atomic E-state index is 11.9. The van der Waals surface area contributed by atoms with Crippen LogP contribution in [0.3, 0.4) is 0 Å². The molecule has 0 spiro atoms. The number of hydrogen-bond acceptors (Lipinski definition) is 3. The summed E-state index contributed by atoms with van der Waals surface area (Å²) in [6.07, 6.45) is -0.180. The number of nitrogens with zero attached hydrogens (tertiary/aromatic N) is 1. The first-order valence-corrected chi connectivity index (χ1v) is 5.52. The fraction of sp³-hybridized carbons (Fsp3) is 0.231. The number of carbonyl (C=O) groups is 1. The molecule has 18 heavy (non-hydrogen) atoms. The summed E-state index contributed by atoms with van der Waals surface area (Å²) in [6.45, 7) is 0. The number of benzene rings is 1. The number of aliphatic carboxylic acids is 1. The van der Waals surface area contributed by atoms with Crippen molar-refractivity contribution in [3.8, 4) is 0 Å². The predicted molar refractivity (Wildman–Crippen MR) is 70.2 cm³/mol. The lowest BCUT2D eigenvalue weighted by Crippen LogP contribution is -2.12. The van der Waals surface area contributed by atoms with Crippen LogP contribution in [-0.4, -0.2) is 30.2 Å². The van der Waals surface area contributed by atoms with E-state index < -0.39 is 5.97 Å². The first-order valence-electron chi connectivity index (χ1n) is 5.52. The molecule has 0 atom stereocenters. The van der Waals surface area contributed by atoms with E-state index in [1.165, 1.54) is 6.07 Å². The van der Waals surface area contributed by atoms with Crippen LogP contribution >= 0.6 is 0 Å². The molecule has 0 saturated heterocycles. The molecule has 5 heteroatoms. The third-order valence-corrected chi connectivity index (χ3v) is 2.73. The number of aromatic nitrogens is 1. The minimum absolute atomic E-state index is 0.163. The zero-order valence-corrected chi connectivity index (χ0v) is 10.2. The Balaban J connectivity index is 2.58.